The van der Waals surface area contributed by atoms with Crippen molar-refractivity contribution in [2.75, 3.05) is 6.61 Å². The fourth-order valence-corrected chi connectivity index (χ4v) is 14.4. The molecule has 71 heavy (non-hydrogen) atoms. The van der Waals surface area contributed by atoms with E-state index in [2.05, 4.69) is 48.5 Å². The van der Waals surface area contributed by atoms with Crippen molar-refractivity contribution in [3.63, 3.8) is 0 Å². The number of aliphatic hydroxyl groups is 1. The second kappa shape index (κ2) is 50.7. The summed E-state index contributed by atoms with van der Waals surface area (Å²) in [7, 11) is 0. The summed E-state index contributed by atoms with van der Waals surface area (Å²) in [6.07, 6.45) is 77.0. The Bertz CT molecular complexity index is 996. The van der Waals surface area contributed by atoms with E-state index in [1.54, 1.807) is 0 Å². The van der Waals surface area contributed by atoms with E-state index < -0.39 is 6.29 Å². The molecule has 1 fully saturated rings. The molecule has 1 saturated carbocycles. The van der Waals surface area contributed by atoms with Crippen molar-refractivity contribution in [3.05, 3.63) is 0 Å². The molecule has 1 N–H and O–H groups in total. The summed E-state index contributed by atoms with van der Waals surface area (Å²) in [5.41, 5.74) is 0.510. The molecule has 5 atom stereocenters. The summed E-state index contributed by atoms with van der Waals surface area (Å²) in [6, 6.07) is 0. The molecule has 5 unspecified atom stereocenters. The van der Waals surface area contributed by atoms with Crippen molar-refractivity contribution in [1.29, 1.82) is 0 Å². The molecule has 0 aromatic heterocycles. The van der Waals surface area contributed by atoms with Crippen LogP contribution in [0.3, 0.4) is 0 Å². The predicted octanol–water partition coefficient (Wildman–Crippen LogP) is 24.8. The number of aliphatic hydroxyl groups excluding tert-OH is 1. The van der Waals surface area contributed by atoms with Gasteiger partial charge in [-0.25, -0.2) is 0 Å². The molecule has 0 heterocycles. The van der Waals surface area contributed by atoms with Gasteiger partial charge in [-0.05, 0) is 67.6 Å². The summed E-state index contributed by atoms with van der Waals surface area (Å²) >= 11 is 0. The van der Waals surface area contributed by atoms with Crippen LogP contribution in [0.2, 0.25) is 0 Å². The van der Waals surface area contributed by atoms with Gasteiger partial charge in [0.15, 0.2) is 6.29 Å². The van der Waals surface area contributed by atoms with E-state index in [4.69, 9.17) is 4.74 Å². The molecule has 2 heteroatoms. The maximum atomic E-state index is 12.1. The van der Waals surface area contributed by atoms with Crippen LogP contribution in [-0.2, 0) is 4.74 Å². The maximum absolute atomic E-state index is 12.1. The summed E-state index contributed by atoms with van der Waals surface area (Å²) in [4.78, 5) is 0. The molecular formula is C69H138O2. The maximum Gasteiger partial charge on any atom is 0.155 e. The van der Waals surface area contributed by atoms with Crippen LogP contribution in [0.1, 0.15) is 402 Å². The third-order valence-corrected chi connectivity index (χ3v) is 18.7. The Balaban J connectivity index is 3.77. The van der Waals surface area contributed by atoms with Crippen LogP contribution in [0.25, 0.3) is 0 Å². The van der Waals surface area contributed by atoms with Crippen LogP contribution in [0.15, 0.2) is 0 Å². The zero-order chi connectivity index (χ0) is 51.6. The van der Waals surface area contributed by atoms with Gasteiger partial charge in [0.2, 0.25) is 0 Å². The fraction of sp³-hybridized carbons (Fsp3) is 1.00. The Morgan fingerprint density at radius 1 is 0.282 bits per heavy atom. The van der Waals surface area contributed by atoms with Gasteiger partial charge in [-0.3, -0.25) is 0 Å². The summed E-state index contributed by atoms with van der Waals surface area (Å²) < 4.78 is 6.34. The molecule has 0 spiro atoms. The van der Waals surface area contributed by atoms with Crippen molar-refractivity contribution in [1.82, 2.24) is 0 Å². The average Bonchev–Trinajstić information content (AvgIpc) is 3.69. The SMILES string of the molecule is CCCCCCCCCCC(CCCCCCCC)CC1(CC(CCCCCCCC)CCCCCCCCCC)CCCC1(CC(CCCCCCCC)CCCCCCCCCC)CC(O)OCC. The van der Waals surface area contributed by atoms with E-state index in [0.717, 1.165) is 24.2 Å². The molecular weight excluding hydrogens is 861 g/mol. The van der Waals surface area contributed by atoms with Crippen LogP contribution in [-0.4, -0.2) is 18.0 Å². The molecule has 2 nitrogen and oxygen atoms in total. The largest absolute Gasteiger partial charge is 0.368 e. The van der Waals surface area contributed by atoms with E-state index >= 15 is 0 Å². The monoisotopic (exact) mass is 999 g/mol. The number of hydrogen-bond acceptors (Lipinski definition) is 2. The Morgan fingerprint density at radius 3 is 0.690 bits per heavy atom. The molecule has 1 rings (SSSR count). The van der Waals surface area contributed by atoms with Gasteiger partial charge in [0, 0.05) is 13.0 Å². The summed E-state index contributed by atoms with van der Waals surface area (Å²) in [6.45, 7) is 16.9. The molecule has 0 aromatic rings. The van der Waals surface area contributed by atoms with E-state index in [9.17, 15) is 5.11 Å². The number of rotatable bonds is 58. The molecule has 0 amide bonds. The first-order valence-electron chi connectivity index (χ1n) is 34.2. The first-order chi connectivity index (χ1) is 34.9. The third-order valence-electron chi connectivity index (χ3n) is 18.7. The van der Waals surface area contributed by atoms with E-state index in [1.807, 2.05) is 0 Å². The van der Waals surface area contributed by atoms with Crippen LogP contribution in [0, 0.1) is 28.6 Å². The molecule has 0 radical (unpaired) electrons. The molecule has 1 aliphatic rings. The van der Waals surface area contributed by atoms with E-state index in [-0.39, 0.29) is 5.41 Å². The van der Waals surface area contributed by atoms with Crippen molar-refractivity contribution < 1.29 is 9.84 Å². The Kier molecular flexibility index (Phi) is 49.2. The normalized spacial score (nSPS) is 18.9. The quantitative estimate of drug-likeness (QED) is 0.0486. The number of hydrogen-bond donors (Lipinski definition) is 1. The Morgan fingerprint density at radius 2 is 0.479 bits per heavy atom. The summed E-state index contributed by atoms with van der Waals surface area (Å²) in [5, 5.41) is 12.1. The second-order valence-corrected chi connectivity index (χ2v) is 25.2. The highest BCUT2D eigenvalue weighted by Crippen LogP contribution is 2.65. The minimum atomic E-state index is -0.621. The predicted molar refractivity (Wildman–Crippen MR) is 321 cm³/mol. The van der Waals surface area contributed by atoms with Crippen LogP contribution < -0.4 is 0 Å². The van der Waals surface area contributed by atoms with Crippen LogP contribution >= 0.6 is 0 Å². The molecule has 0 saturated heterocycles. The van der Waals surface area contributed by atoms with Gasteiger partial charge in [-0.15, -0.1) is 0 Å². The molecule has 0 aromatic carbocycles. The number of unbranched alkanes of at least 4 members (excludes halogenated alkanes) is 36. The molecule has 426 valence electrons. The topological polar surface area (TPSA) is 29.5 Å². The lowest BCUT2D eigenvalue weighted by Gasteiger charge is -2.52. The van der Waals surface area contributed by atoms with Crippen LogP contribution in [0.5, 0.6) is 0 Å². The first-order valence-corrected chi connectivity index (χ1v) is 34.2. The van der Waals surface area contributed by atoms with E-state index in [0.29, 0.717) is 12.0 Å². The van der Waals surface area contributed by atoms with Gasteiger partial charge in [0.25, 0.3) is 0 Å². The van der Waals surface area contributed by atoms with Gasteiger partial charge >= 0.3 is 0 Å². The minimum absolute atomic E-state index is 0.186. The fourth-order valence-electron chi connectivity index (χ4n) is 14.4. The Labute approximate surface area is 450 Å². The molecule has 0 bridgehead atoms. The Hall–Kier alpha value is -0.0800. The zero-order valence-corrected chi connectivity index (χ0v) is 50.8. The molecule has 1 aliphatic carbocycles. The average molecular weight is 1000 g/mol. The van der Waals surface area contributed by atoms with Crippen LogP contribution in [0.4, 0.5) is 0 Å². The highest BCUT2D eigenvalue weighted by Gasteiger charge is 2.56. The second-order valence-electron chi connectivity index (χ2n) is 25.2. The van der Waals surface area contributed by atoms with Gasteiger partial charge in [0.1, 0.15) is 0 Å². The molecule has 0 aliphatic heterocycles. The van der Waals surface area contributed by atoms with Crippen molar-refractivity contribution in [2.45, 2.75) is 408 Å². The standard InChI is InChI=1S/C69H138O2/c1-8-15-21-27-33-36-42-48-54-64(52-45-39-30-24-18-11-4)60-68(61-65(53-46-40-31-25-19-12-5)55-49-43-37-34-28-22-16-9-2)58-51-59-69(68,63-67(70)71-14-7)62-66(56-47-41-32-26-20-13-6)57-50-44-38-35-29-23-17-10-3/h64-67,70H,8-63H2,1-7H3. The highest BCUT2D eigenvalue weighted by molar-refractivity contribution is 5.05. The first kappa shape index (κ1) is 68.9. The summed E-state index contributed by atoms with van der Waals surface area (Å²) in [5.74, 6) is 2.47. The van der Waals surface area contributed by atoms with Gasteiger partial charge in [-0.1, -0.05) is 356 Å². The van der Waals surface area contributed by atoms with Gasteiger partial charge < -0.3 is 9.84 Å². The van der Waals surface area contributed by atoms with Crippen molar-refractivity contribution in [2.24, 2.45) is 28.6 Å². The lowest BCUT2D eigenvalue weighted by molar-refractivity contribution is -0.146. The van der Waals surface area contributed by atoms with Gasteiger partial charge in [-0.2, -0.15) is 0 Å². The smallest absolute Gasteiger partial charge is 0.155 e. The van der Waals surface area contributed by atoms with E-state index in [1.165, 1.54) is 347 Å². The minimum Gasteiger partial charge on any atom is -0.368 e. The van der Waals surface area contributed by atoms with Gasteiger partial charge in [0.05, 0.1) is 0 Å². The number of ether oxygens (including phenoxy) is 1. The third kappa shape index (κ3) is 36.6. The van der Waals surface area contributed by atoms with Crippen molar-refractivity contribution >= 4 is 0 Å². The van der Waals surface area contributed by atoms with Crippen molar-refractivity contribution in [3.8, 4) is 0 Å². The lowest BCUT2D eigenvalue weighted by atomic mass is 9.53. The zero-order valence-electron chi connectivity index (χ0n) is 50.8. The lowest BCUT2D eigenvalue weighted by Crippen LogP contribution is -2.44. The highest BCUT2D eigenvalue weighted by atomic mass is 16.6.